The molecule has 1 amide bonds. The summed E-state index contributed by atoms with van der Waals surface area (Å²) in [5.41, 5.74) is 5.92. The average Bonchev–Trinajstić information content (AvgIpc) is 3.28. The Hall–Kier alpha value is -4.47. The van der Waals surface area contributed by atoms with E-state index < -0.39 is 12.1 Å². The van der Waals surface area contributed by atoms with Crippen LogP contribution in [0.5, 0.6) is 0 Å². The summed E-state index contributed by atoms with van der Waals surface area (Å²) in [4.78, 5) is 25.3. The van der Waals surface area contributed by atoms with Crippen molar-refractivity contribution in [3.8, 4) is 16.8 Å². The van der Waals surface area contributed by atoms with Crippen molar-refractivity contribution in [2.24, 2.45) is 0 Å². The molecule has 7 nitrogen and oxygen atoms in total. The number of carboxylic acid groups (broad SMARTS) is 1. The molecule has 2 aromatic carbocycles. The largest absolute Gasteiger partial charge is 0.490 e. The van der Waals surface area contributed by atoms with Crippen LogP contribution in [0.4, 0.5) is 18.9 Å². The van der Waals surface area contributed by atoms with Crippen LogP contribution in [0.15, 0.2) is 85.5 Å². The van der Waals surface area contributed by atoms with Crippen LogP contribution in [0.25, 0.3) is 16.8 Å². The lowest BCUT2D eigenvalue weighted by Crippen LogP contribution is -2.21. The first kappa shape index (κ1) is 25.2. The van der Waals surface area contributed by atoms with Crippen LogP contribution in [0, 0.1) is 6.92 Å². The van der Waals surface area contributed by atoms with Crippen LogP contribution in [0.2, 0.25) is 0 Å². The smallest absolute Gasteiger partial charge is 0.475 e. The van der Waals surface area contributed by atoms with E-state index >= 15 is 0 Å². The highest BCUT2D eigenvalue weighted by molar-refractivity contribution is 5.92. The molecule has 4 rings (SSSR count). The predicted octanol–water partition coefficient (Wildman–Crippen LogP) is 5.06. The molecule has 0 radical (unpaired) electrons. The number of aryl methyl sites for hydroxylation is 1. The number of nitrogens with one attached hydrogen (secondary N) is 1. The Kier molecular flexibility index (Phi) is 7.98. The highest BCUT2D eigenvalue weighted by atomic mass is 19.4. The van der Waals surface area contributed by atoms with Gasteiger partial charge in [-0.15, -0.1) is 0 Å². The van der Waals surface area contributed by atoms with E-state index in [-0.39, 0.29) is 5.91 Å². The fourth-order valence-electron chi connectivity index (χ4n) is 3.11. The highest BCUT2D eigenvalue weighted by Crippen LogP contribution is 2.22. The minimum absolute atomic E-state index is 0.0595. The van der Waals surface area contributed by atoms with Gasteiger partial charge in [-0.25, -0.2) is 9.48 Å². The number of aromatic nitrogens is 3. The number of halogens is 3. The van der Waals surface area contributed by atoms with Crippen molar-refractivity contribution in [2.45, 2.75) is 19.5 Å². The standard InChI is InChI=1S/C23H20N4O.C2HF3O2/c1-17-4-2-5-18(12-17)13-23(28)26-21-15-25-27(16-21)22-7-3-6-20(14-22)19-8-10-24-11-9-19;3-2(4,5)1(6)7/h2-12,14-16H,13H2,1H3,(H,26,28);(H,6,7). The van der Waals surface area contributed by atoms with Crippen molar-refractivity contribution in [1.82, 2.24) is 14.8 Å². The number of carbonyl (C=O) groups excluding carboxylic acids is 1. The molecule has 0 spiro atoms. The molecule has 10 heteroatoms. The van der Waals surface area contributed by atoms with E-state index in [1.165, 1.54) is 0 Å². The van der Waals surface area contributed by atoms with E-state index in [1.54, 1.807) is 23.3 Å². The molecular formula is C25H21F3N4O3. The second kappa shape index (κ2) is 11.1. The first-order valence-electron chi connectivity index (χ1n) is 10.3. The number of rotatable bonds is 5. The number of anilines is 1. The predicted molar refractivity (Wildman–Crippen MR) is 124 cm³/mol. The number of pyridine rings is 1. The van der Waals surface area contributed by atoms with Crippen LogP contribution in [-0.4, -0.2) is 37.9 Å². The fourth-order valence-corrected chi connectivity index (χ4v) is 3.11. The van der Waals surface area contributed by atoms with Gasteiger partial charge in [-0.1, -0.05) is 42.0 Å². The van der Waals surface area contributed by atoms with Gasteiger partial charge in [-0.2, -0.15) is 18.3 Å². The molecule has 2 N–H and O–H groups in total. The topological polar surface area (TPSA) is 97.1 Å². The van der Waals surface area contributed by atoms with Gasteiger partial charge in [0, 0.05) is 12.4 Å². The molecule has 0 aliphatic carbocycles. The van der Waals surface area contributed by atoms with E-state index in [1.807, 2.05) is 67.7 Å². The van der Waals surface area contributed by atoms with Crippen LogP contribution >= 0.6 is 0 Å². The summed E-state index contributed by atoms with van der Waals surface area (Å²) in [6, 6.07) is 20.0. The molecule has 0 fully saturated rings. The van der Waals surface area contributed by atoms with Gasteiger partial charge in [0.1, 0.15) is 0 Å². The lowest BCUT2D eigenvalue weighted by molar-refractivity contribution is -0.192. The molecule has 0 aliphatic rings. The van der Waals surface area contributed by atoms with Crippen molar-refractivity contribution >= 4 is 17.6 Å². The summed E-state index contributed by atoms with van der Waals surface area (Å²) in [5.74, 6) is -2.82. The molecular weight excluding hydrogens is 461 g/mol. The summed E-state index contributed by atoms with van der Waals surface area (Å²) in [7, 11) is 0. The third-order valence-electron chi connectivity index (χ3n) is 4.68. The third kappa shape index (κ3) is 7.53. The average molecular weight is 482 g/mol. The molecule has 0 atom stereocenters. The second-order valence-electron chi connectivity index (χ2n) is 7.48. The summed E-state index contributed by atoms with van der Waals surface area (Å²) >= 11 is 0. The number of carbonyl (C=O) groups is 2. The second-order valence-corrected chi connectivity index (χ2v) is 7.48. The lowest BCUT2D eigenvalue weighted by atomic mass is 10.1. The Bertz CT molecular complexity index is 1300. The van der Waals surface area contributed by atoms with Crippen molar-refractivity contribution < 1.29 is 27.9 Å². The van der Waals surface area contributed by atoms with Crippen molar-refractivity contribution in [2.75, 3.05) is 5.32 Å². The molecule has 0 unspecified atom stereocenters. The molecule has 4 aromatic rings. The Labute approximate surface area is 198 Å². The number of nitrogens with zero attached hydrogens (tertiary/aromatic N) is 3. The molecule has 0 bridgehead atoms. The number of carboxylic acids is 1. The van der Waals surface area contributed by atoms with E-state index in [2.05, 4.69) is 21.5 Å². The number of alkyl halides is 3. The fraction of sp³-hybridized carbons (Fsp3) is 0.120. The Morgan fingerprint density at radius 1 is 1.00 bits per heavy atom. The monoisotopic (exact) mass is 482 g/mol. The van der Waals surface area contributed by atoms with Gasteiger partial charge >= 0.3 is 12.1 Å². The molecule has 0 aliphatic heterocycles. The SMILES string of the molecule is Cc1cccc(CC(=O)Nc2cnn(-c3cccc(-c4ccncc4)c3)c2)c1.O=C(O)C(F)(F)F. The van der Waals surface area contributed by atoms with E-state index in [0.717, 1.165) is 27.9 Å². The number of hydrogen-bond acceptors (Lipinski definition) is 4. The van der Waals surface area contributed by atoms with Crippen LogP contribution in [0.1, 0.15) is 11.1 Å². The maximum absolute atomic E-state index is 12.3. The Balaban J connectivity index is 0.000000429. The quantitative estimate of drug-likeness (QED) is 0.415. The normalized spacial score (nSPS) is 10.7. The van der Waals surface area contributed by atoms with Gasteiger partial charge in [-0.05, 0) is 47.9 Å². The maximum Gasteiger partial charge on any atom is 0.490 e. The van der Waals surface area contributed by atoms with Crippen molar-refractivity contribution in [3.63, 3.8) is 0 Å². The minimum atomic E-state index is -5.08. The van der Waals surface area contributed by atoms with Crippen molar-refractivity contribution in [3.05, 3.63) is 96.6 Å². The number of benzene rings is 2. The molecule has 2 heterocycles. The summed E-state index contributed by atoms with van der Waals surface area (Å²) < 4.78 is 33.5. The first-order valence-corrected chi connectivity index (χ1v) is 10.3. The van der Waals surface area contributed by atoms with E-state index in [9.17, 15) is 18.0 Å². The number of amides is 1. The van der Waals surface area contributed by atoms with Crippen LogP contribution in [0.3, 0.4) is 0 Å². The molecule has 35 heavy (non-hydrogen) atoms. The van der Waals surface area contributed by atoms with E-state index in [4.69, 9.17) is 9.90 Å². The van der Waals surface area contributed by atoms with Gasteiger partial charge < -0.3 is 10.4 Å². The van der Waals surface area contributed by atoms with E-state index in [0.29, 0.717) is 12.1 Å². The van der Waals surface area contributed by atoms with Gasteiger partial charge in [-0.3, -0.25) is 9.78 Å². The minimum Gasteiger partial charge on any atom is -0.475 e. The Morgan fingerprint density at radius 3 is 2.34 bits per heavy atom. The van der Waals surface area contributed by atoms with Crippen LogP contribution in [-0.2, 0) is 16.0 Å². The zero-order chi connectivity index (χ0) is 25.4. The first-order chi connectivity index (χ1) is 16.6. The van der Waals surface area contributed by atoms with Gasteiger partial charge in [0.2, 0.25) is 5.91 Å². The third-order valence-corrected chi connectivity index (χ3v) is 4.68. The van der Waals surface area contributed by atoms with Gasteiger partial charge in [0.05, 0.1) is 30.2 Å². The summed E-state index contributed by atoms with van der Waals surface area (Å²) in [6.07, 6.45) is 2.28. The maximum atomic E-state index is 12.3. The highest BCUT2D eigenvalue weighted by Gasteiger charge is 2.38. The van der Waals surface area contributed by atoms with Crippen LogP contribution < -0.4 is 5.32 Å². The zero-order valence-electron chi connectivity index (χ0n) is 18.5. The molecule has 0 saturated carbocycles. The molecule has 2 aromatic heterocycles. The summed E-state index contributed by atoms with van der Waals surface area (Å²) in [6.45, 7) is 2.02. The molecule has 180 valence electrons. The Morgan fingerprint density at radius 2 is 1.69 bits per heavy atom. The van der Waals surface area contributed by atoms with Gasteiger partial charge in [0.15, 0.2) is 0 Å². The lowest BCUT2D eigenvalue weighted by Gasteiger charge is -2.06. The number of aliphatic carboxylic acids is 1. The number of hydrogen-bond donors (Lipinski definition) is 2. The zero-order valence-corrected chi connectivity index (χ0v) is 18.5. The summed E-state index contributed by atoms with van der Waals surface area (Å²) in [5, 5.41) is 14.4. The molecule has 0 saturated heterocycles. The van der Waals surface area contributed by atoms with Gasteiger partial charge in [0.25, 0.3) is 0 Å². The van der Waals surface area contributed by atoms with Crippen molar-refractivity contribution in [1.29, 1.82) is 0 Å².